The first-order valence-electron chi connectivity index (χ1n) is 6.71. The lowest BCUT2D eigenvalue weighted by Gasteiger charge is -2.15. The van der Waals surface area contributed by atoms with Crippen LogP contribution in [0.5, 0.6) is 0 Å². The van der Waals surface area contributed by atoms with Gasteiger partial charge in [-0.2, -0.15) is 0 Å². The van der Waals surface area contributed by atoms with E-state index in [1.807, 2.05) is 23.1 Å². The molecule has 0 aliphatic carbocycles. The molecule has 1 amide bonds. The van der Waals surface area contributed by atoms with Gasteiger partial charge in [-0.3, -0.25) is 4.79 Å². The molecule has 1 aromatic carbocycles. The highest BCUT2D eigenvalue weighted by molar-refractivity contribution is 5.78. The molecule has 5 heteroatoms. The number of hydrogen-bond acceptors (Lipinski definition) is 4. The van der Waals surface area contributed by atoms with Gasteiger partial charge in [0, 0.05) is 31.1 Å². The largest absolute Gasteiger partial charge is 0.364 e. The zero-order valence-electron chi connectivity index (χ0n) is 11.1. The average molecular weight is 271 g/mol. The van der Waals surface area contributed by atoms with Crippen LogP contribution in [0.3, 0.4) is 0 Å². The lowest BCUT2D eigenvalue weighted by Crippen LogP contribution is -2.33. The number of benzene rings is 1. The van der Waals surface area contributed by atoms with Gasteiger partial charge in [0.25, 0.3) is 0 Å². The van der Waals surface area contributed by atoms with Crippen molar-refractivity contribution in [3.05, 3.63) is 53.9 Å². The molecular weight excluding hydrogens is 254 g/mol. The molecule has 1 fully saturated rings. The fraction of sp³-hybridized carbons (Fsp3) is 0.333. The number of rotatable bonds is 3. The third kappa shape index (κ3) is 2.58. The average Bonchev–Trinajstić information content (AvgIpc) is 3.09. The molecule has 0 bridgehead atoms. The quantitative estimate of drug-likeness (QED) is 0.909. The second-order valence-corrected chi connectivity index (χ2v) is 5.15. The van der Waals surface area contributed by atoms with Gasteiger partial charge in [0.15, 0.2) is 0 Å². The second kappa shape index (κ2) is 5.46. The fourth-order valence-corrected chi connectivity index (χ4v) is 2.68. The molecule has 2 aromatic rings. The van der Waals surface area contributed by atoms with E-state index in [9.17, 15) is 4.79 Å². The highest BCUT2D eigenvalue weighted by Crippen LogP contribution is 2.26. The summed E-state index contributed by atoms with van der Waals surface area (Å²) >= 11 is 0. The van der Waals surface area contributed by atoms with E-state index < -0.39 is 0 Å². The minimum absolute atomic E-state index is 0.0151. The number of carbonyl (C=O) groups is 1. The Kier molecular flexibility index (Phi) is 3.52. The van der Waals surface area contributed by atoms with Crippen LogP contribution in [0.4, 0.5) is 0 Å². The third-order valence-corrected chi connectivity index (χ3v) is 3.77. The molecule has 3 rings (SSSR count). The number of likely N-dealkylation sites (tertiary alicyclic amines) is 1. The van der Waals surface area contributed by atoms with Crippen LogP contribution in [-0.4, -0.2) is 35.1 Å². The van der Waals surface area contributed by atoms with Crippen molar-refractivity contribution in [2.24, 2.45) is 5.73 Å². The number of nitrogens with two attached hydrogens (primary N) is 1. The van der Waals surface area contributed by atoms with Crippen LogP contribution >= 0.6 is 0 Å². The van der Waals surface area contributed by atoms with Gasteiger partial charge in [0.2, 0.25) is 5.91 Å². The summed E-state index contributed by atoms with van der Waals surface area (Å²) in [6.07, 6.45) is 1.75. The molecular formula is C15H17N3O2. The summed E-state index contributed by atoms with van der Waals surface area (Å²) in [6.45, 7) is 1.26. The molecule has 1 aromatic heterocycles. The van der Waals surface area contributed by atoms with Gasteiger partial charge < -0.3 is 15.2 Å². The molecule has 0 saturated carbocycles. The van der Waals surface area contributed by atoms with E-state index in [4.69, 9.17) is 10.3 Å². The van der Waals surface area contributed by atoms with E-state index in [-0.39, 0.29) is 24.3 Å². The van der Waals surface area contributed by atoms with Gasteiger partial charge in [-0.05, 0) is 5.56 Å². The molecule has 0 unspecified atom stereocenters. The van der Waals surface area contributed by atoms with Crippen molar-refractivity contribution in [2.45, 2.75) is 18.4 Å². The van der Waals surface area contributed by atoms with Crippen LogP contribution in [0.2, 0.25) is 0 Å². The molecule has 2 N–H and O–H groups in total. The molecule has 20 heavy (non-hydrogen) atoms. The first-order chi connectivity index (χ1) is 9.74. The van der Waals surface area contributed by atoms with Crippen LogP contribution in [0.25, 0.3) is 0 Å². The summed E-state index contributed by atoms with van der Waals surface area (Å²) < 4.78 is 4.74. The number of hydrogen-bond donors (Lipinski definition) is 1. The van der Waals surface area contributed by atoms with E-state index >= 15 is 0 Å². The van der Waals surface area contributed by atoms with Crippen molar-refractivity contribution in [1.29, 1.82) is 0 Å². The monoisotopic (exact) mass is 271 g/mol. The summed E-state index contributed by atoms with van der Waals surface area (Å²) in [7, 11) is 0. The van der Waals surface area contributed by atoms with E-state index in [2.05, 4.69) is 17.3 Å². The molecule has 0 spiro atoms. The predicted molar refractivity (Wildman–Crippen MR) is 73.9 cm³/mol. The maximum absolute atomic E-state index is 12.2. The van der Waals surface area contributed by atoms with Crippen molar-refractivity contribution < 1.29 is 9.32 Å². The van der Waals surface area contributed by atoms with Crippen molar-refractivity contribution in [3.8, 4) is 0 Å². The summed E-state index contributed by atoms with van der Waals surface area (Å²) in [5.41, 5.74) is 8.03. The van der Waals surface area contributed by atoms with Gasteiger partial charge in [-0.1, -0.05) is 35.5 Å². The van der Waals surface area contributed by atoms with Crippen molar-refractivity contribution in [2.75, 3.05) is 13.1 Å². The smallest absolute Gasteiger partial charge is 0.228 e. The Bertz CT molecular complexity index is 568. The summed E-state index contributed by atoms with van der Waals surface area (Å²) in [5, 5.41) is 3.77. The second-order valence-electron chi connectivity index (χ2n) is 5.15. The minimum Gasteiger partial charge on any atom is -0.364 e. The molecule has 2 heterocycles. The lowest BCUT2D eigenvalue weighted by atomic mass is 9.95. The molecule has 1 saturated heterocycles. The Morgan fingerprint density at radius 2 is 2.10 bits per heavy atom. The maximum atomic E-state index is 12.2. The van der Waals surface area contributed by atoms with Crippen LogP contribution in [0.1, 0.15) is 17.2 Å². The van der Waals surface area contributed by atoms with Gasteiger partial charge in [-0.15, -0.1) is 0 Å². The van der Waals surface area contributed by atoms with Crippen molar-refractivity contribution in [3.63, 3.8) is 0 Å². The van der Waals surface area contributed by atoms with Gasteiger partial charge in [0.1, 0.15) is 6.26 Å². The van der Waals surface area contributed by atoms with Crippen molar-refractivity contribution in [1.82, 2.24) is 10.1 Å². The van der Waals surface area contributed by atoms with E-state index in [1.54, 1.807) is 6.07 Å². The standard InChI is InChI=1S/C15H17N3O2/c16-14-10-18(15(19)8-12-6-7-20-17-12)9-13(14)11-4-2-1-3-5-11/h1-7,13-14H,8-10,16H2/t13-,14+/m0/s1. The fourth-order valence-electron chi connectivity index (χ4n) is 2.68. The highest BCUT2D eigenvalue weighted by Gasteiger charge is 2.33. The molecule has 0 radical (unpaired) electrons. The summed E-state index contributed by atoms with van der Waals surface area (Å²) in [5.74, 6) is 0.255. The van der Waals surface area contributed by atoms with Crippen LogP contribution in [0, 0.1) is 0 Å². The Morgan fingerprint density at radius 1 is 1.30 bits per heavy atom. The zero-order valence-corrected chi connectivity index (χ0v) is 11.1. The van der Waals surface area contributed by atoms with E-state index in [1.165, 1.54) is 11.8 Å². The van der Waals surface area contributed by atoms with Gasteiger partial charge >= 0.3 is 0 Å². The summed E-state index contributed by atoms with van der Waals surface area (Å²) in [6, 6.07) is 11.8. The first-order valence-corrected chi connectivity index (χ1v) is 6.71. The Balaban J connectivity index is 1.67. The first kappa shape index (κ1) is 12.9. The SMILES string of the molecule is N[C@@H]1CN(C(=O)Cc2ccon2)C[C@H]1c1ccccc1. The number of aromatic nitrogens is 1. The molecule has 104 valence electrons. The molecule has 1 aliphatic heterocycles. The lowest BCUT2D eigenvalue weighted by molar-refractivity contribution is -0.129. The topological polar surface area (TPSA) is 72.4 Å². The van der Waals surface area contributed by atoms with Crippen molar-refractivity contribution >= 4 is 5.91 Å². The Morgan fingerprint density at radius 3 is 2.80 bits per heavy atom. The number of amides is 1. The maximum Gasteiger partial charge on any atom is 0.228 e. The Labute approximate surface area is 117 Å². The van der Waals surface area contributed by atoms with Crippen LogP contribution < -0.4 is 5.73 Å². The van der Waals surface area contributed by atoms with Gasteiger partial charge in [0.05, 0.1) is 12.1 Å². The van der Waals surface area contributed by atoms with Crippen LogP contribution in [-0.2, 0) is 11.2 Å². The molecule has 5 nitrogen and oxygen atoms in total. The third-order valence-electron chi connectivity index (χ3n) is 3.77. The molecule has 2 atom stereocenters. The zero-order chi connectivity index (χ0) is 13.9. The highest BCUT2D eigenvalue weighted by atomic mass is 16.5. The van der Waals surface area contributed by atoms with E-state index in [0.29, 0.717) is 18.8 Å². The Hall–Kier alpha value is -2.14. The van der Waals surface area contributed by atoms with Gasteiger partial charge in [-0.25, -0.2) is 0 Å². The minimum atomic E-state index is -0.0151. The predicted octanol–water partition coefficient (Wildman–Crippen LogP) is 1.17. The summed E-state index contributed by atoms with van der Waals surface area (Å²) in [4.78, 5) is 14.0. The normalized spacial score (nSPS) is 22.1. The number of nitrogens with zero attached hydrogens (tertiary/aromatic N) is 2. The van der Waals surface area contributed by atoms with E-state index in [0.717, 1.165) is 0 Å². The molecule has 1 aliphatic rings. The van der Waals surface area contributed by atoms with Crippen LogP contribution in [0.15, 0.2) is 47.2 Å². The number of carbonyl (C=O) groups excluding carboxylic acids is 1.